The molecule has 1 rings (SSSR count). The van der Waals surface area contributed by atoms with Crippen LogP contribution in [0.15, 0.2) is 30.3 Å². The van der Waals surface area contributed by atoms with Gasteiger partial charge in [0, 0.05) is 25.8 Å². The molecular weight excluding hydrogens is 194 g/mol. The van der Waals surface area contributed by atoms with Gasteiger partial charge in [0.15, 0.2) is 0 Å². The van der Waals surface area contributed by atoms with Crippen LogP contribution < -0.4 is 0 Å². The van der Waals surface area contributed by atoms with Crippen LogP contribution in [0.5, 0.6) is 0 Å². The first kappa shape index (κ1) is 11.1. The van der Waals surface area contributed by atoms with Crippen LogP contribution in [0.4, 0.5) is 0 Å². The zero-order chi connectivity index (χ0) is 10.4. The Morgan fingerprint density at radius 1 is 1.36 bits per heavy atom. The van der Waals surface area contributed by atoms with Crippen molar-refractivity contribution >= 4 is 18.5 Å². The number of carbonyl (C=O) groups excluding carboxylic acids is 1. The van der Waals surface area contributed by atoms with E-state index in [0.29, 0.717) is 18.8 Å². The third-order valence-electron chi connectivity index (χ3n) is 2.03. The Hall–Kier alpha value is -0.960. The van der Waals surface area contributed by atoms with Crippen LogP contribution in [0.2, 0.25) is 0 Å². The Balaban J connectivity index is 2.60. The number of thiol groups is 1. The minimum Gasteiger partial charge on any atom is -0.338 e. The Morgan fingerprint density at radius 2 is 2.00 bits per heavy atom. The number of carbonyl (C=O) groups is 1. The van der Waals surface area contributed by atoms with Crippen LogP contribution in [0.1, 0.15) is 12.5 Å². The molecule has 1 amide bonds. The number of benzene rings is 1. The van der Waals surface area contributed by atoms with Gasteiger partial charge >= 0.3 is 0 Å². The second kappa shape index (κ2) is 5.70. The number of amides is 1. The molecule has 0 aliphatic carbocycles. The summed E-state index contributed by atoms with van der Waals surface area (Å²) in [6.45, 7) is 2.97. The van der Waals surface area contributed by atoms with Crippen LogP contribution in [0, 0.1) is 0 Å². The topological polar surface area (TPSA) is 20.3 Å². The summed E-state index contributed by atoms with van der Waals surface area (Å²) in [5.41, 5.74) is 1.16. The van der Waals surface area contributed by atoms with Gasteiger partial charge in [-0.3, -0.25) is 4.79 Å². The van der Waals surface area contributed by atoms with Crippen LogP contribution in [-0.4, -0.2) is 23.1 Å². The van der Waals surface area contributed by atoms with E-state index in [9.17, 15) is 4.79 Å². The van der Waals surface area contributed by atoms with Crippen LogP contribution in [-0.2, 0) is 11.3 Å². The predicted octanol–water partition coefficient (Wildman–Crippen LogP) is 1.96. The van der Waals surface area contributed by atoms with Gasteiger partial charge in [-0.15, -0.1) is 0 Å². The Labute approximate surface area is 90.3 Å². The molecule has 3 heteroatoms. The lowest BCUT2D eigenvalue weighted by Crippen LogP contribution is -2.29. The van der Waals surface area contributed by atoms with E-state index in [1.54, 1.807) is 11.8 Å². The van der Waals surface area contributed by atoms with Gasteiger partial charge in [-0.05, 0) is 5.56 Å². The van der Waals surface area contributed by atoms with E-state index >= 15 is 0 Å². The molecule has 1 aromatic rings. The molecule has 0 bridgehead atoms. The summed E-state index contributed by atoms with van der Waals surface area (Å²) in [7, 11) is 0. The molecule has 0 aromatic heterocycles. The van der Waals surface area contributed by atoms with Gasteiger partial charge in [-0.2, -0.15) is 12.6 Å². The summed E-state index contributed by atoms with van der Waals surface area (Å²) in [6, 6.07) is 9.98. The van der Waals surface area contributed by atoms with Crippen molar-refractivity contribution in [3.8, 4) is 0 Å². The molecule has 0 aliphatic heterocycles. The largest absolute Gasteiger partial charge is 0.338 e. The monoisotopic (exact) mass is 209 g/mol. The van der Waals surface area contributed by atoms with Gasteiger partial charge in [0.1, 0.15) is 0 Å². The van der Waals surface area contributed by atoms with Crippen molar-refractivity contribution in [2.45, 2.75) is 13.5 Å². The molecule has 0 heterocycles. The number of hydrogen-bond donors (Lipinski definition) is 1. The quantitative estimate of drug-likeness (QED) is 0.752. The summed E-state index contributed by atoms with van der Waals surface area (Å²) >= 11 is 4.13. The molecule has 0 radical (unpaired) electrons. The number of nitrogens with zero attached hydrogens (tertiary/aromatic N) is 1. The summed E-state index contributed by atoms with van der Waals surface area (Å²) in [6.07, 6.45) is 0. The van der Waals surface area contributed by atoms with Crippen molar-refractivity contribution < 1.29 is 4.79 Å². The minimum absolute atomic E-state index is 0.0999. The third-order valence-corrected chi connectivity index (χ3v) is 2.23. The number of hydrogen-bond acceptors (Lipinski definition) is 2. The van der Waals surface area contributed by atoms with Crippen molar-refractivity contribution in [1.82, 2.24) is 4.90 Å². The molecule has 0 spiro atoms. The van der Waals surface area contributed by atoms with E-state index in [2.05, 4.69) is 12.6 Å². The third kappa shape index (κ3) is 3.42. The fourth-order valence-corrected chi connectivity index (χ4v) is 1.51. The molecule has 2 nitrogen and oxygen atoms in total. The SMILES string of the molecule is CC(=O)N(CCS)Cc1ccccc1. The first-order valence-electron chi connectivity index (χ1n) is 4.64. The highest BCUT2D eigenvalue weighted by atomic mass is 32.1. The molecular formula is C11H15NOS. The van der Waals surface area contributed by atoms with Crippen molar-refractivity contribution in [2.75, 3.05) is 12.3 Å². The zero-order valence-electron chi connectivity index (χ0n) is 8.31. The van der Waals surface area contributed by atoms with Crippen molar-refractivity contribution in [2.24, 2.45) is 0 Å². The van der Waals surface area contributed by atoms with Gasteiger partial charge in [0.25, 0.3) is 0 Å². The number of rotatable bonds is 4. The van der Waals surface area contributed by atoms with Crippen LogP contribution >= 0.6 is 12.6 Å². The summed E-state index contributed by atoms with van der Waals surface area (Å²) in [4.78, 5) is 13.0. The first-order chi connectivity index (χ1) is 6.74. The lowest BCUT2D eigenvalue weighted by molar-refractivity contribution is -0.129. The molecule has 0 unspecified atom stereocenters. The summed E-state index contributed by atoms with van der Waals surface area (Å²) in [5.74, 6) is 0.801. The molecule has 0 aliphatic rings. The van der Waals surface area contributed by atoms with Crippen molar-refractivity contribution in [1.29, 1.82) is 0 Å². The average molecular weight is 209 g/mol. The highest BCUT2D eigenvalue weighted by Crippen LogP contribution is 2.04. The molecule has 76 valence electrons. The Bertz CT molecular complexity index is 287. The lowest BCUT2D eigenvalue weighted by Gasteiger charge is -2.19. The average Bonchev–Trinajstić information content (AvgIpc) is 2.18. The highest BCUT2D eigenvalue weighted by molar-refractivity contribution is 7.80. The van der Waals surface area contributed by atoms with Crippen LogP contribution in [0.3, 0.4) is 0 Å². The second-order valence-corrected chi connectivity index (χ2v) is 3.60. The van der Waals surface area contributed by atoms with Crippen molar-refractivity contribution in [3.05, 3.63) is 35.9 Å². The van der Waals surface area contributed by atoms with Gasteiger partial charge in [0.05, 0.1) is 0 Å². The van der Waals surface area contributed by atoms with Gasteiger partial charge in [-0.1, -0.05) is 30.3 Å². The molecule has 1 aromatic carbocycles. The van der Waals surface area contributed by atoms with E-state index in [0.717, 1.165) is 5.56 Å². The molecule has 0 saturated carbocycles. The fourth-order valence-electron chi connectivity index (χ4n) is 1.27. The van der Waals surface area contributed by atoms with E-state index in [1.165, 1.54) is 0 Å². The second-order valence-electron chi connectivity index (χ2n) is 3.15. The van der Waals surface area contributed by atoms with E-state index < -0.39 is 0 Å². The van der Waals surface area contributed by atoms with Crippen molar-refractivity contribution in [3.63, 3.8) is 0 Å². The molecule has 14 heavy (non-hydrogen) atoms. The van der Waals surface area contributed by atoms with Gasteiger partial charge in [0.2, 0.25) is 5.91 Å². The Morgan fingerprint density at radius 3 is 2.50 bits per heavy atom. The molecule has 0 saturated heterocycles. The zero-order valence-corrected chi connectivity index (χ0v) is 9.21. The maximum Gasteiger partial charge on any atom is 0.219 e. The maximum absolute atomic E-state index is 11.2. The van der Waals surface area contributed by atoms with E-state index in [-0.39, 0.29) is 5.91 Å². The normalized spacial score (nSPS) is 9.86. The van der Waals surface area contributed by atoms with E-state index in [1.807, 2.05) is 30.3 Å². The highest BCUT2D eigenvalue weighted by Gasteiger charge is 2.07. The standard InChI is InChI=1S/C11H15NOS/c1-10(13)12(7-8-14)9-11-5-3-2-4-6-11/h2-6,14H,7-9H2,1H3. The molecule has 0 atom stereocenters. The smallest absolute Gasteiger partial charge is 0.219 e. The predicted molar refractivity (Wildman–Crippen MR) is 61.4 cm³/mol. The van der Waals surface area contributed by atoms with Crippen LogP contribution in [0.25, 0.3) is 0 Å². The summed E-state index contributed by atoms with van der Waals surface area (Å²) < 4.78 is 0. The van der Waals surface area contributed by atoms with E-state index in [4.69, 9.17) is 0 Å². The molecule has 0 fully saturated rings. The molecule has 0 N–H and O–H groups in total. The fraction of sp³-hybridized carbons (Fsp3) is 0.364. The Kier molecular flexibility index (Phi) is 4.53. The maximum atomic E-state index is 11.2. The minimum atomic E-state index is 0.0999. The van der Waals surface area contributed by atoms with Gasteiger partial charge < -0.3 is 4.90 Å². The summed E-state index contributed by atoms with van der Waals surface area (Å²) in [5, 5.41) is 0. The van der Waals surface area contributed by atoms with Gasteiger partial charge in [-0.25, -0.2) is 0 Å². The first-order valence-corrected chi connectivity index (χ1v) is 5.27. The lowest BCUT2D eigenvalue weighted by atomic mass is 10.2.